The topological polar surface area (TPSA) is 73.1 Å². The molecule has 1 saturated heterocycles. The molecular weight excluding hydrogens is 224 g/mol. The van der Waals surface area contributed by atoms with E-state index in [-0.39, 0.29) is 18.5 Å². The molecule has 1 aromatic heterocycles. The molecule has 1 fully saturated rings. The van der Waals surface area contributed by atoms with Crippen LogP contribution in [-0.4, -0.2) is 29.4 Å². The summed E-state index contributed by atoms with van der Waals surface area (Å²) in [6.07, 6.45) is 2.33. The summed E-state index contributed by atoms with van der Waals surface area (Å²) in [5.41, 5.74) is 5.44. The van der Waals surface area contributed by atoms with E-state index in [0.29, 0.717) is 10.3 Å². The monoisotopic (exact) mass is 236 g/mol. The van der Waals surface area contributed by atoms with Crippen LogP contribution in [0.25, 0.3) is 0 Å². The lowest BCUT2D eigenvalue weighted by Gasteiger charge is -2.21. The smallest absolute Gasteiger partial charge is 0.296 e. The van der Waals surface area contributed by atoms with E-state index in [1.54, 1.807) is 0 Å². The molecule has 0 aromatic carbocycles. The summed E-state index contributed by atoms with van der Waals surface area (Å²) >= 11 is 1.29. The number of piperidine rings is 1. The van der Waals surface area contributed by atoms with Gasteiger partial charge in [-0.3, -0.25) is 0 Å². The number of nitrogens with one attached hydrogen (secondary N) is 1. The predicted octanol–water partition coefficient (Wildman–Crippen LogP) is 0.673. The van der Waals surface area contributed by atoms with Crippen molar-refractivity contribution in [2.75, 3.05) is 18.8 Å². The molecule has 14 heavy (non-hydrogen) atoms. The van der Waals surface area contributed by atoms with Crippen LogP contribution in [0.1, 0.15) is 12.8 Å². The first kappa shape index (κ1) is 11.5. The third kappa shape index (κ3) is 2.97. The summed E-state index contributed by atoms with van der Waals surface area (Å²) in [5.74, 6) is 0. The average molecular weight is 237 g/mol. The Bertz CT molecular complexity index is 276. The largest absolute Gasteiger partial charge is 0.465 e. The highest BCUT2D eigenvalue weighted by atomic mass is 35.5. The van der Waals surface area contributed by atoms with Crippen molar-refractivity contribution < 1.29 is 4.74 Å². The number of rotatable bonds is 2. The fourth-order valence-electron chi connectivity index (χ4n) is 1.32. The Hall–Kier alpha value is -0.590. The van der Waals surface area contributed by atoms with E-state index in [2.05, 4.69) is 15.5 Å². The van der Waals surface area contributed by atoms with E-state index in [4.69, 9.17) is 10.5 Å². The number of nitrogens with zero attached hydrogens (tertiary/aromatic N) is 2. The molecule has 3 N–H and O–H groups in total. The molecule has 0 radical (unpaired) electrons. The highest BCUT2D eigenvalue weighted by Crippen LogP contribution is 2.22. The first-order chi connectivity index (χ1) is 6.34. The maximum atomic E-state index is 5.60. The summed E-state index contributed by atoms with van der Waals surface area (Å²) in [4.78, 5) is 0. The van der Waals surface area contributed by atoms with Crippen LogP contribution in [0.4, 0.5) is 5.13 Å². The molecule has 0 aliphatic carbocycles. The molecule has 2 heterocycles. The van der Waals surface area contributed by atoms with Crippen molar-refractivity contribution in [1.29, 1.82) is 0 Å². The van der Waals surface area contributed by atoms with Crippen molar-refractivity contribution in [2.24, 2.45) is 0 Å². The number of aromatic nitrogens is 2. The number of halogens is 1. The van der Waals surface area contributed by atoms with Crippen LogP contribution in [-0.2, 0) is 0 Å². The number of ether oxygens (including phenoxy) is 1. The SMILES string of the molecule is Cl.Nc1nnc(OC2CCNCC2)s1. The zero-order chi connectivity index (χ0) is 9.10. The zero-order valence-corrected chi connectivity index (χ0v) is 9.24. The van der Waals surface area contributed by atoms with Crippen molar-refractivity contribution in [3.8, 4) is 5.19 Å². The van der Waals surface area contributed by atoms with E-state index in [1.165, 1.54) is 11.3 Å². The Kier molecular flexibility index (Phi) is 4.37. The van der Waals surface area contributed by atoms with Gasteiger partial charge in [0, 0.05) is 0 Å². The molecule has 0 saturated carbocycles. The molecule has 0 bridgehead atoms. The lowest BCUT2D eigenvalue weighted by Crippen LogP contribution is -2.34. The van der Waals surface area contributed by atoms with E-state index < -0.39 is 0 Å². The zero-order valence-electron chi connectivity index (χ0n) is 7.60. The standard InChI is InChI=1S/C7H12N4OS.ClH/c8-6-10-11-7(13-6)12-5-1-3-9-4-2-5;/h5,9H,1-4H2,(H2,8,10);1H. The minimum atomic E-state index is 0. The molecule has 2 rings (SSSR count). The first-order valence-electron chi connectivity index (χ1n) is 4.31. The summed E-state index contributed by atoms with van der Waals surface area (Å²) in [6.45, 7) is 2.03. The maximum absolute atomic E-state index is 5.60. The molecule has 0 amide bonds. The average Bonchev–Trinajstić information content (AvgIpc) is 2.53. The van der Waals surface area contributed by atoms with Gasteiger partial charge in [0.15, 0.2) is 0 Å². The number of hydrogen-bond acceptors (Lipinski definition) is 6. The Morgan fingerprint density at radius 3 is 2.64 bits per heavy atom. The highest BCUT2D eigenvalue weighted by molar-refractivity contribution is 7.16. The molecule has 1 aliphatic heterocycles. The second-order valence-corrected chi connectivity index (χ2v) is 3.95. The summed E-state index contributed by atoms with van der Waals surface area (Å²) in [5, 5.41) is 11.8. The fourth-order valence-corrected chi connectivity index (χ4v) is 1.85. The minimum absolute atomic E-state index is 0. The molecule has 0 spiro atoms. The molecule has 80 valence electrons. The Morgan fingerprint density at radius 2 is 2.07 bits per heavy atom. The number of hydrogen-bond donors (Lipinski definition) is 2. The summed E-state index contributed by atoms with van der Waals surface area (Å²) < 4.78 is 5.60. The van der Waals surface area contributed by atoms with Gasteiger partial charge in [0.25, 0.3) is 5.19 Å². The van der Waals surface area contributed by atoms with Crippen molar-refractivity contribution in [3.63, 3.8) is 0 Å². The van der Waals surface area contributed by atoms with Gasteiger partial charge < -0.3 is 15.8 Å². The van der Waals surface area contributed by atoms with Gasteiger partial charge in [-0.05, 0) is 37.3 Å². The Labute approximate surface area is 92.5 Å². The van der Waals surface area contributed by atoms with Crippen molar-refractivity contribution >= 4 is 28.9 Å². The molecule has 5 nitrogen and oxygen atoms in total. The Morgan fingerprint density at radius 1 is 1.36 bits per heavy atom. The molecule has 7 heteroatoms. The second kappa shape index (κ2) is 5.33. The second-order valence-electron chi connectivity index (χ2n) is 2.97. The van der Waals surface area contributed by atoms with Gasteiger partial charge in [-0.2, -0.15) is 0 Å². The third-order valence-electron chi connectivity index (χ3n) is 1.98. The van der Waals surface area contributed by atoms with E-state index >= 15 is 0 Å². The van der Waals surface area contributed by atoms with Crippen LogP contribution >= 0.6 is 23.7 Å². The van der Waals surface area contributed by atoms with Gasteiger partial charge in [-0.25, -0.2) is 0 Å². The summed E-state index contributed by atoms with van der Waals surface area (Å²) in [7, 11) is 0. The lowest BCUT2D eigenvalue weighted by atomic mass is 10.1. The van der Waals surface area contributed by atoms with Crippen LogP contribution in [0, 0.1) is 0 Å². The van der Waals surface area contributed by atoms with Crippen LogP contribution in [0.15, 0.2) is 0 Å². The van der Waals surface area contributed by atoms with Crippen molar-refractivity contribution in [2.45, 2.75) is 18.9 Å². The number of anilines is 1. The molecule has 1 aliphatic rings. The van der Waals surface area contributed by atoms with Gasteiger partial charge in [0.1, 0.15) is 6.10 Å². The van der Waals surface area contributed by atoms with E-state index in [9.17, 15) is 0 Å². The van der Waals surface area contributed by atoms with Crippen molar-refractivity contribution in [3.05, 3.63) is 0 Å². The van der Waals surface area contributed by atoms with E-state index in [1.807, 2.05) is 0 Å². The van der Waals surface area contributed by atoms with Gasteiger partial charge in [0.2, 0.25) is 5.13 Å². The maximum Gasteiger partial charge on any atom is 0.296 e. The quantitative estimate of drug-likeness (QED) is 0.790. The van der Waals surface area contributed by atoms with E-state index in [0.717, 1.165) is 25.9 Å². The van der Waals surface area contributed by atoms with Crippen LogP contribution in [0.3, 0.4) is 0 Å². The minimum Gasteiger partial charge on any atom is -0.465 e. The lowest BCUT2D eigenvalue weighted by molar-refractivity contribution is 0.161. The van der Waals surface area contributed by atoms with Crippen LogP contribution in [0.5, 0.6) is 5.19 Å². The normalized spacial score (nSPS) is 17.4. The third-order valence-corrected chi connectivity index (χ3v) is 2.62. The molecule has 0 atom stereocenters. The van der Waals surface area contributed by atoms with Gasteiger partial charge in [-0.15, -0.1) is 17.5 Å². The Balaban J connectivity index is 0.000000980. The van der Waals surface area contributed by atoms with Crippen molar-refractivity contribution in [1.82, 2.24) is 15.5 Å². The van der Waals surface area contributed by atoms with Gasteiger partial charge in [0.05, 0.1) is 0 Å². The predicted molar refractivity (Wildman–Crippen MR) is 58.1 cm³/mol. The van der Waals surface area contributed by atoms with Crippen LogP contribution < -0.4 is 15.8 Å². The van der Waals surface area contributed by atoms with Crippen LogP contribution in [0.2, 0.25) is 0 Å². The molecule has 0 unspecified atom stereocenters. The number of nitrogen functional groups attached to an aromatic ring is 1. The summed E-state index contributed by atoms with van der Waals surface area (Å²) in [6, 6.07) is 0. The highest BCUT2D eigenvalue weighted by Gasteiger charge is 2.16. The van der Waals surface area contributed by atoms with Gasteiger partial charge >= 0.3 is 0 Å². The molecule has 1 aromatic rings. The molecular formula is C7H13ClN4OS. The fraction of sp³-hybridized carbons (Fsp3) is 0.714. The first-order valence-corrected chi connectivity index (χ1v) is 5.12. The number of nitrogens with two attached hydrogens (primary N) is 1. The van der Waals surface area contributed by atoms with Gasteiger partial charge in [-0.1, -0.05) is 5.10 Å².